The maximum atomic E-state index is 11.7. The van der Waals surface area contributed by atoms with Crippen LogP contribution in [0, 0.1) is 5.92 Å². The number of nitrogens with one attached hydrogen (secondary N) is 1. The topological polar surface area (TPSA) is 55.1 Å². The van der Waals surface area contributed by atoms with Gasteiger partial charge in [-0.2, -0.15) is 0 Å². The van der Waals surface area contributed by atoms with Crippen LogP contribution in [0.5, 0.6) is 0 Å². The lowest BCUT2D eigenvalue weighted by atomic mass is 9.86. The van der Waals surface area contributed by atoms with Gasteiger partial charge in [-0.3, -0.25) is 4.79 Å². The maximum absolute atomic E-state index is 11.7. The van der Waals surface area contributed by atoms with Crippen molar-refractivity contribution in [1.29, 1.82) is 0 Å². The van der Waals surface area contributed by atoms with Crippen LogP contribution in [0.3, 0.4) is 0 Å². The second kappa shape index (κ2) is 5.15. The van der Waals surface area contributed by atoms with E-state index < -0.39 is 0 Å². The summed E-state index contributed by atoms with van der Waals surface area (Å²) in [6.45, 7) is 3.83. The molecule has 1 amide bonds. The molecule has 0 radical (unpaired) electrons. The summed E-state index contributed by atoms with van der Waals surface area (Å²) < 4.78 is 0. The van der Waals surface area contributed by atoms with Crippen LogP contribution in [-0.2, 0) is 4.79 Å². The van der Waals surface area contributed by atoms with Crippen molar-refractivity contribution in [2.24, 2.45) is 11.7 Å². The molecule has 0 heterocycles. The fraction of sp³-hybridized carbons (Fsp3) is 0.727. The molecule has 3 N–H and O–H groups in total. The van der Waals surface area contributed by atoms with Crippen molar-refractivity contribution in [2.45, 2.75) is 45.6 Å². The number of rotatable bonds is 2. The van der Waals surface area contributed by atoms with Crippen LogP contribution in [-0.4, -0.2) is 11.9 Å². The Hall–Kier alpha value is -0.830. The van der Waals surface area contributed by atoms with Gasteiger partial charge in [0.1, 0.15) is 0 Å². The summed E-state index contributed by atoms with van der Waals surface area (Å²) in [5, 5.41) is 2.90. The summed E-state index contributed by atoms with van der Waals surface area (Å²) in [5.41, 5.74) is 6.72. The van der Waals surface area contributed by atoms with Gasteiger partial charge in [-0.1, -0.05) is 6.08 Å². The monoisotopic (exact) mass is 196 g/mol. The molecule has 1 rings (SSSR count). The van der Waals surface area contributed by atoms with Crippen LogP contribution in [0.15, 0.2) is 11.8 Å². The lowest BCUT2D eigenvalue weighted by Crippen LogP contribution is -2.35. The molecule has 0 unspecified atom stereocenters. The van der Waals surface area contributed by atoms with E-state index in [-0.39, 0.29) is 11.8 Å². The normalized spacial score (nSPS) is 28.6. The van der Waals surface area contributed by atoms with Crippen molar-refractivity contribution in [3.05, 3.63) is 11.8 Å². The number of carbonyl (C=O) groups is 1. The molecule has 3 heteroatoms. The summed E-state index contributed by atoms with van der Waals surface area (Å²) in [5.74, 6) is 0.331. The molecule has 0 bridgehead atoms. The molecular weight excluding hydrogens is 176 g/mol. The van der Waals surface area contributed by atoms with Crippen LogP contribution in [0.2, 0.25) is 0 Å². The highest BCUT2D eigenvalue weighted by atomic mass is 16.1. The molecule has 3 nitrogen and oxygen atoms in total. The van der Waals surface area contributed by atoms with Gasteiger partial charge in [0.2, 0.25) is 5.91 Å². The van der Waals surface area contributed by atoms with Gasteiger partial charge in [0.05, 0.1) is 0 Å². The Balaban J connectivity index is 2.38. The second-order valence-electron chi connectivity index (χ2n) is 4.07. The van der Waals surface area contributed by atoms with Crippen LogP contribution < -0.4 is 11.1 Å². The lowest BCUT2D eigenvalue weighted by Gasteiger charge is -2.25. The second-order valence-corrected chi connectivity index (χ2v) is 4.07. The van der Waals surface area contributed by atoms with E-state index in [0.29, 0.717) is 6.04 Å². The van der Waals surface area contributed by atoms with Crippen molar-refractivity contribution in [2.75, 3.05) is 0 Å². The number of allylic oxidation sites excluding steroid dienone is 2. The van der Waals surface area contributed by atoms with Crippen molar-refractivity contribution in [3.63, 3.8) is 0 Å². The van der Waals surface area contributed by atoms with Crippen molar-refractivity contribution < 1.29 is 4.79 Å². The highest BCUT2D eigenvalue weighted by molar-refractivity contribution is 5.80. The Morgan fingerprint density at radius 2 is 1.93 bits per heavy atom. The molecule has 0 saturated heterocycles. The number of hydrogen-bond acceptors (Lipinski definition) is 2. The lowest BCUT2D eigenvalue weighted by molar-refractivity contribution is -0.125. The molecule has 0 atom stereocenters. The molecule has 0 spiro atoms. The van der Waals surface area contributed by atoms with E-state index in [2.05, 4.69) is 5.32 Å². The first-order valence-electron chi connectivity index (χ1n) is 5.33. The quantitative estimate of drug-likeness (QED) is 0.704. The Labute approximate surface area is 85.7 Å². The van der Waals surface area contributed by atoms with E-state index in [1.165, 1.54) is 0 Å². The zero-order valence-corrected chi connectivity index (χ0v) is 9.05. The van der Waals surface area contributed by atoms with Crippen LogP contribution in [0.25, 0.3) is 0 Å². The third kappa shape index (κ3) is 3.14. The maximum Gasteiger partial charge on any atom is 0.227 e. The first-order chi connectivity index (χ1) is 6.63. The minimum Gasteiger partial charge on any atom is -0.330 e. The van der Waals surface area contributed by atoms with Gasteiger partial charge in [-0.25, -0.2) is 0 Å². The van der Waals surface area contributed by atoms with E-state index >= 15 is 0 Å². The summed E-state index contributed by atoms with van der Waals surface area (Å²) >= 11 is 0. The van der Waals surface area contributed by atoms with Gasteiger partial charge in [0, 0.05) is 17.7 Å². The molecule has 0 aromatic heterocycles. The minimum atomic E-state index is 0.160. The fourth-order valence-electron chi connectivity index (χ4n) is 1.75. The average Bonchev–Trinajstić information content (AvgIpc) is 2.18. The van der Waals surface area contributed by atoms with Crippen LogP contribution >= 0.6 is 0 Å². The van der Waals surface area contributed by atoms with Gasteiger partial charge >= 0.3 is 0 Å². The number of carbonyl (C=O) groups excluding carboxylic acids is 1. The molecule has 1 fully saturated rings. The fourth-order valence-corrected chi connectivity index (χ4v) is 1.75. The van der Waals surface area contributed by atoms with Gasteiger partial charge in [0.15, 0.2) is 0 Å². The van der Waals surface area contributed by atoms with Crippen LogP contribution in [0.4, 0.5) is 0 Å². The molecule has 0 aromatic carbocycles. The molecular formula is C11H20N2O. The molecule has 80 valence electrons. The largest absolute Gasteiger partial charge is 0.330 e. The first kappa shape index (κ1) is 11.2. The molecule has 0 aliphatic heterocycles. The Bertz CT molecular complexity index is 227. The highest BCUT2D eigenvalue weighted by Gasteiger charge is 2.24. The van der Waals surface area contributed by atoms with Gasteiger partial charge in [-0.15, -0.1) is 0 Å². The van der Waals surface area contributed by atoms with Crippen molar-refractivity contribution >= 4 is 5.91 Å². The predicted octanol–water partition coefficient (Wildman–Crippen LogP) is 1.54. The Morgan fingerprint density at radius 1 is 1.36 bits per heavy atom. The summed E-state index contributed by atoms with van der Waals surface area (Å²) in [6, 6.07) is 0.307. The minimum absolute atomic E-state index is 0.160. The third-order valence-corrected chi connectivity index (χ3v) is 2.90. The summed E-state index contributed by atoms with van der Waals surface area (Å²) in [4.78, 5) is 11.7. The van der Waals surface area contributed by atoms with Gasteiger partial charge in [-0.05, 0) is 39.5 Å². The zero-order valence-electron chi connectivity index (χ0n) is 9.05. The molecule has 1 aliphatic rings. The van der Waals surface area contributed by atoms with E-state index in [1.807, 2.05) is 19.9 Å². The SMILES string of the molecule is CC=C(C)NC(=O)C1CCC(N)CC1. The average molecular weight is 196 g/mol. The number of nitrogens with two attached hydrogens (primary N) is 1. The van der Waals surface area contributed by atoms with E-state index in [9.17, 15) is 4.79 Å². The Morgan fingerprint density at radius 3 is 2.43 bits per heavy atom. The first-order valence-corrected chi connectivity index (χ1v) is 5.33. The summed E-state index contributed by atoms with van der Waals surface area (Å²) in [6.07, 6.45) is 5.74. The number of hydrogen-bond donors (Lipinski definition) is 2. The molecule has 1 aliphatic carbocycles. The standard InChI is InChI=1S/C11H20N2O/c1-3-8(2)13-11(14)9-4-6-10(12)7-5-9/h3,9-10H,4-7,12H2,1-2H3,(H,13,14). The molecule has 14 heavy (non-hydrogen) atoms. The smallest absolute Gasteiger partial charge is 0.227 e. The van der Waals surface area contributed by atoms with Gasteiger partial charge < -0.3 is 11.1 Å². The summed E-state index contributed by atoms with van der Waals surface area (Å²) in [7, 11) is 0. The third-order valence-electron chi connectivity index (χ3n) is 2.90. The van der Waals surface area contributed by atoms with Crippen LogP contribution in [0.1, 0.15) is 39.5 Å². The van der Waals surface area contributed by atoms with Crippen molar-refractivity contribution in [3.8, 4) is 0 Å². The van der Waals surface area contributed by atoms with E-state index in [0.717, 1.165) is 31.4 Å². The highest BCUT2D eigenvalue weighted by Crippen LogP contribution is 2.23. The zero-order chi connectivity index (χ0) is 10.6. The Kier molecular flexibility index (Phi) is 4.14. The van der Waals surface area contributed by atoms with Crippen molar-refractivity contribution in [1.82, 2.24) is 5.32 Å². The molecule has 1 saturated carbocycles. The van der Waals surface area contributed by atoms with E-state index in [4.69, 9.17) is 5.73 Å². The molecule has 0 aromatic rings. The number of amides is 1. The van der Waals surface area contributed by atoms with Gasteiger partial charge in [0.25, 0.3) is 0 Å². The predicted molar refractivity (Wildman–Crippen MR) is 57.5 cm³/mol. The van der Waals surface area contributed by atoms with E-state index in [1.54, 1.807) is 0 Å².